The minimum Gasteiger partial charge on any atom is -0.354 e. The van der Waals surface area contributed by atoms with Gasteiger partial charge in [0.25, 0.3) is 11.5 Å². The molecule has 0 aliphatic heterocycles. The second-order valence-electron chi connectivity index (χ2n) is 12.9. The van der Waals surface area contributed by atoms with Gasteiger partial charge in [-0.2, -0.15) is 18.2 Å². The van der Waals surface area contributed by atoms with Gasteiger partial charge in [0.15, 0.2) is 17.0 Å². The van der Waals surface area contributed by atoms with E-state index in [-0.39, 0.29) is 59.5 Å². The van der Waals surface area contributed by atoms with Crippen LogP contribution in [0.3, 0.4) is 0 Å². The molecular formula is C34H44F3N9O7. The van der Waals surface area contributed by atoms with E-state index < -0.39 is 53.7 Å². The first-order chi connectivity index (χ1) is 25.1. The molecule has 2 heterocycles. The maximum atomic E-state index is 13.7. The molecule has 1 aromatic carbocycles. The molecule has 288 valence electrons. The molecule has 0 unspecified atom stereocenters. The van der Waals surface area contributed by atoms with Gasteiger partial charge < -0.3 is 25.8 Å². The Bertz CT molecular complexity index is 1810. The molecule has 19 heteroatoms. The second-order valence-corrected chi connectivity index (χ2v) is 12.9. The van der Waals surface area contributed by atoms with E-state index in [1.165, 1.54) is 24.3 Å². The fourth-order valence-electron chi connectivity index (χ4n) is 5.47. The molecule has 6 N–H and O–H groups in total. The van der Waals surface area contributed by atoms with Crippen LogP contribution in [-0.2, 0) is 30.4 Å². The molecule has 0 radical (unpaired) electrons. The normalized spacial score (nSPS) is 14.6. The van der Waals surface area contributed by atoms with E-state index in [0.29, 0.717) is 24.5 Å². The highest BCUT2D eigenvalue weighted by atomic mass is 19.4. The summed E-state index contributed by atoms with van der Waals surface area (Å²) in [7, 11) is 0. The number of carbonyl (C=O) groups excluding carboxylic acids is 4. The summed E-state index contributed by atoms with van der Waals surface area (Å²) < 4.78 is 52.7. The van der Waals surface area contributed by atoms with Crippen LogP contribution in [0.4, 0.5) is 24.8 Å². The number of fused-ring (bicyclic) bond motifs is 1. The van der Waals surface area contributed by atoms with E-state index in [0.717, 1.165) is 31.9 Å². The molecule has 4 amide bonds. The largest absolute Gasteiger partial charge is 0.471 e. The highest BCUT2D eigenvalue weighted by molar-refractivity contribution is 5.99. The Morgan fingerprint density at radius 1 is 1.04 bits per heavy atom. The van der Waals surface area contributed by atoms with Crippen LogP contribution < -0.4 is 32.1 Å². The van der Waals surface area contributed by atoms with E-state index in [2.05, 4.69) is 35.9 Å². The number of ether oxygens (including phenoxy) is 2. The number of nitrogens with zero attached hydrogens (tertiary/aromatic N) is 4. The summed E-state index contributed by atoms with van der Waals surface area (Å²) in [5, 5.41) is 7.96. The van der Waals surface area contributed by atoms with E-state index in [1.54, 1.807) is 20.8 Å². The number of hydrogen-bond acceptors (Lipinski definition) is 11. The number of benzene rings is 1. The van der Waals surface area contributed by atoms with Gasteiger partial charge in [-0.1, -0.05) is 13.8 Å². The summed E-state index contributed by atoms with van der Waals surface area (Å²) in [4.78, 5) is 77.2. The van der Waals surface area contributed by atoms with Gasteiger partial charge in [0.2, 0.25) is 17.8 Å². The van der Waals surface area contributed by atoms with E-state index in [4.69, 9.17) is 15.2 Å². The zero-order valence-corrected chi connectivity index (χ0v) is 29.7. The molecule has 1 aliphatic rings. The third-order valence-corrected chi connectivity index (χ3v) is 8.30. The number of halogens is 3. The predicted molar refractivity (Wildman–Crippen MR) is 186 cm³/mol. The fourth-order valence-corrected chi connectivity index (χ4v) is 5.47. The number of nitrogens with two attached hydrogens (primary N) is 1. The van der Waals surface area contributed by atoms with Crippen LogP contribution in [0.5, 0.6) is 0 Å². The van der Waals surface area contributed by atoms with Gasteiger partial charge in [0, 0.05) is 55.6 Å². The van der Waals surface area contributed by atoms with Gasteiger partial charge in [0.05, 0.1) is 31.6 Å². The third kappa shape index (κ3) is 11.5. The number of nitrogens with one attached hydrogen (secondary N) is 4. The number of rotatable bonds is 17. The van der Waals surface area contributed by atoms with E-state index in [1.807, 2.05) is 0 Å². The van der Waals surface area contributed by atoms with Crippen LogP contribution >= 0.6 is 0 Å². The van der Waals surface area contributed by atoms with Crippen LogP contribution in [-0.4, -0.2) is 87.9 Å². The van der Waals surface area contributed by atoms with E-state index >= 15 is 0 Å². The first-order valence-corrected chi connectivity index (χ1v) is 17.2. The van der Waals surface area contributed by atoms with Crippen molar-refractivity contribution in [1.29, 1.82) is 0 Å². The standard InChI is InChI=1S/C34H44F3N9O7/c1-20(2)28(48)44-32-43-27-26(30(50)45-32)42-23(18-40-27)19-46(31(51)34(35,36)37)24-9-7-22(8-10-24)29(49)41-21(3)6-11-25(47)39-15-17-53-33(52-16-14-38)12-4-5-13-33/h7-10,18,20-21H,4-6,11-17,19,38H2,1-3H3,(H,39,47)(H,41,49)(H2,40,43,44,45,48,50)/t21-/m1/s1. The molecule has 1 aliphatic carbocycles. The number of aromatic amines is 1. The van der Waals surface area contributed by atoms with Crippen LogP contribution in [0.1, 0.15) is 75.3 Å². The van der Waals surface area contributed by atoms with Gasteiger partial charge in [0.1, 0.15) is 0 Å². The van der Waals surface area contributed by atoms with Crippen molar-refractivity contribution in [3.05, 3.63) is 52.1 Å². The number of carbonyl (C=O) groups is 4. The quantitative estimate of drug-likeness (QED) is 0.0997. The summed E-state index contributed by atoms with van der Waals surface area (Å²) in [5.41, 5.74) is 3.97. The molecule has 2 aromatic heterocycles. The Morgan fingerprint density at radius 2 is 1.72 bits per heavy atom. The van der Waals surface area contributed by atoms with Gasteiger partial charge in [-0.25, -0.2) is 9.97 Å². The van der Waals surface area contributed by atoms with Crippen LogP contribution in [0.25, 0.3) is 11.2 Å². The van der Waals surface area contributed by atoms with Gasteiger partial charge in [-0.3, -0.25) is 39.2 Å². The Labute approximate surface area is 302 Å². The molecule has 0 spiro atoms. The molecule has 53 heavy (non-hydrogen) atoms. The topological polar surface area (TPSA) is 224 Å². The van der Waals surface area contributed by atoms with Crippen molar-refractivity contribution in [3.63, 3.8) is 0 Å². The lowest BCUT2D eigenvalue weighted by Crippen LogP contribution is -2.41. The lowest BCUT2D eigenvalue weighted by atomic mass is 10.1. The summed E-state index contributed by atoms with van der Waals surface area (Å²) in [6.45, 7) is 5.59. The van der Waals surface area contributed by atoms with Crippen LogP contribution in [0.2, 0.25) is 0 Å². The average Bonchev–Trinajstić information content (AvgIpc) is 3.59. The fraction of sp³-hybridized carbons (Fsp3) is 0.529. The van der Waals surface area contributed by atoms with Crippen LogP contribution in [0, 0.1) is 5.92 Å². The minimum absolute atomic E-state index is 0.0998. The molecule has 0 saturated heterocycles. The van der Waals surface area contributed by atoms with Crippen molar-refractivity contribution >= 4 is 46.4 Å². The van der Waals surface area contributed by atoms with Crippen LogP contribution in [0.15, 0.2) is 35.3 Å². The summed E-state index contributed by atoms with van der Waals surface area (Å²) in [6, 6.07) is 4.42. The molecule has 0 bridgehead atoms. The van der Waals surface area contributed by atoms with Gasteiger partial charge in [-0.15, -0.1) is 0 Å². The molecule has 4 rings (SSSR count). The Kier molecular flexibility index (Phi) is 14.0. The number of hydrogen-bond donors (Lipinski definition) is 5. The number of H-pyrrole nitrogens is 1. The zero-order chi connectivity index (χ0) is 38.8. The number of anilines is 2. The number of amides is 4. The van der Waals surface area contributed by atoms with E-state index in [9.17, 15) is 37.1 Å². The maximum Gasteiger partial charge on any atom is 0.471 e. The first kappa shape index (κ1) is 40.8. The monoisotopic (exact) mass is 747 g/mol. The molecular weight excluding hydrogens is 703 g/mol. The highest BCUT2D eigenvalue weighted by Gasteiger charge is 2.43. The van der Waals surface area contributed by atoms with Crippen molar-refractivity contribution in [1.82, 2.24) is 30.6 Å². The Morgan fingerprint density at radius 3 is 2.36 bits per heavy atom. The third-order valence-electron chi connectivity index (χ3n) is 8.30. The zero-order valence-electron chi connectivity index (χ0n) is 29.7. The number of alkyl halides is 3. The number of aromatic nitrogens is 4. The molecule has 3 aromatic rings. The SMILES string of the molecule is CC(C)C(=O)Nc1nc2ncc(CN(C(=O)C(F)(F)F)c3ccc(C(=O)N[C@H](C)CCC(=O)NCCOC4(OCCN)CCCC4)cc3)nc2c(=O)[nH]1. The Hall–Kier alpha value is -5.01. The van der Waals surface area contributed by atoms with Gasteiger partial charge in [-0.05, 0) is 50.5 Å². The van der Waals surface area contributed by atoms with Gasteiger partial charge >= 0.3 is 12.1 Å². The first-order valence-electron chi connectivity index (χ1n) is 17.2. The van der Waals surface area contributed by atoms with Crippen molar-refractivity contribution in [3.8, 4) is 0 Å². The summed E-state index contributed by atoms with van der Waals surface area (Å²) in [5.74, 6) is -4.65. The van der Waals surface area contributed by atoms with Crippen molar-refractivity contribution in [2.45, 2.75) is 83.8 Å². The maximum absolute atomic E-state index is 13.7. The molecule has 1 atom stereocenters. The Balaban J connectivity index is 1.33. The average molecular weight is 748 g/mol. The molecule has 16 nitrogen and oxygen atoms in total. The minimum atomic E-state index is -5.27. The summed E-state index contributed by atoms with van der Waals surface area (Å²) in [6.07, 6.45) is -0.234. The molecule has 1 saturated carbocycles. The predicted octanol–water partition coefficient (Wildman–Crippen LogP) is 2.68. The molecule has 1 fully saturated rings. The smallest absolute Gasteiger partial charge is 0.354 e. The second kappa shape index (κ2) is 18.2. The summed E-state index contributed by atoms with van der Waals surface area (Å²) >= 11 is 0. The lowest BCUT2D eigenvalue weighted by molar-refractivity contribution is -0.230. The lowest BCUT2D eigenvalue weighted by Gasteiger charge is -2.29. The highest BCUT2D eigenvalue weighted by Crippen LogP contribution is 2.34. The van der Waals surface area contributed by atoms with Crippen molar-refractivity contribution < 1.29 is 41.8 Å². The van der Waals surface area contributed by atoms with Crippen molar-refractivity contribution in [2.24, 2.45) is 11.7 Å². The van der Waals surface area contributed by atoms with Crippen molar-refractivity contribution in [2.75, 3.05) is 36.5 Å².